The fourth-order valence-corrected chi connectivity index (χ4v) is 2.06. The Kier molecular flexibility index (Phi) is 1.97. The largest absolute Gasteiger partial charge is 0.384 e. The molecule has 1 aromatic carbocycles. The Balaban J connectivity index is 2.53. The fraction of sp³-hybridized carbons (Fsp3) is 0.400. The molecule has 2 rings (SSSR count). The van der Waals surface area contributed by atoms with E-state index in [0.717, 1.165) is 23.7 Å². The molecule has 0 spiro atoms. The Bertz CT molecular complexity index is 307. The molecule has 0 aliphatic carbocycles. The molecular formula is C10H12ClN. The van der Waals surface area contributed by atoms with E-state index in [9.17, 15) is 0 Å². The van der Waals surface area contributed by atoms with Gasteiger partial charge in [0.2, 0.25) is 0 Å². The third-order valence-electron chi connectivity index (χ3n) is 2.24. The van der Waals surface area contributed by atoms with Crippen molar-refractivity contribution in [3.05, 3.63) is 28.3 Å². The van der Waals surface area contributed by atoms with Gasteiger partial charge in [-0.05, 0) is 37.0 Å². The molecule has 0 bridgehead atoms. The molecule has 1 aliphatic heterocycles. The van der Waals surface area contributed by atoms with Gasteiger partial charge in [-0.3, -0.25) is 0 Å². The maximum atomic E-state index is 6.08. The number of anilines is 1. The molecule has 0 radical (unpaired) electrons. The van der Waals surface area contributed by atoms with E-state index in [4.69, 9.17) is 11.6 Å². The summed E-state index contributed by atoms with van der Waals surface area (Å²) in [5, 5.41) is 4.19. The summed E-state index contributed by atoms with van der Waals surface area (Å²) < 4.78 is 0. The monoisotopic (exact) mass is 181 g/mol. The SMILES string of the molecule is Cc1cc(Cl)c2c(c1)CCCN2. The van der Waals surface area contributed by atoms with Gasteiger partial charge in [0, 0.05) is 6.54 Å². The predicted octanol–water partition coefficient (Wildman–Crippen LogP) is 3.01. The lowest BCUT2D eigenvalue weighted by Crippen LogP contribution is -2.12. The maximum Gasteiger partial charge on any atom is 0.0642 e. The van der Waals surface area contributed by atoms with Gasteiger partial charge in [-0.25, -0.2) is 0 Å². The summed E-state index contributed by atoms with van der Waals surface area (Å²) >= 11 is 6.08. The molecule has 1 aromatic rings. The van der Waals surface area contributed by atoms with Crippen LogP contribution in [-0.4, -0.2) is 6.54 Å². The van der Waals surface area contributed by atoms with Gasteiger partial charge in [0.15, 0.2) is 0 Å². The van der Waals surface area contributed by atoms with Gasteiger partial charge >= 0.3 is 0 Å². The number of hydrogen-bond acceptors (Lipinski definition) is 1. The quantitative estimate of drug-likeness (QED) is 0.649. The van der Waals surface area contributed by atoms with E-state index >= 15 is 0 Å². The van der Waals surface area contributed by atoms with E-state index in [0.29, 0.717) is 0 Å². The molecule has 0 atom stereocenters. The second kappa shape index (κ2) is 2.98. The Morgan fingerprint density at radius 3 is 3.08 bits per heavy atom. The third kappa shape index (κ3) is 1.29. The van der Waals surface area contributed by atoms with Crippen LogP contribution in [0.2, 0.25) is 5.02 Å². The number of aryl methyl sites for hydroxylation is 2. The summed E-state index contributed by atoms with van der Waals surface area (Å²) in [7, 11) is 0. The predicted molar refractivity (Wildman–Crippen MR) is 53.0 cm³/mol. The fourth-order valence-electron chi connectivity index (χ4n) is 1.70. The van der Waals surface area contributed by atoms with Crippen molar-refractivity contribution in [1.29, 1.82) is 0 Å². The minimum absolute atomic E-state index is 0.865. The first-order valence-corrected chi connectivity index (χ1v) is 4.68. The Morgan fingerprint density at radius 1 is 1.42 bits per heavy atom. The molecule has 12 heavy (non-hydrogen) atoms. The van der Waals surface area contributed by atoms with Gasteiger partial charge in [-0.15, -0.1) is 0 Å². The van der Waals surface area contributed by atoms with E-state index in [1.54, 1.807) is 0 Å². The van der Waals surface area contributed by atoms with Crippen molar-refractivity contribution in [2.24, 2.45) is 0 Å². The number of fused-ring (bicyclic) bond motifs is 1. The van der Waals surface area contributed by atoms with Crippen LogP contribution in [-0.2, 0) is 6.42 Å². The van der Waals surface area contributed by atoms with Crippen molar-refractivity contribution >= 4 is 17.3 Å². The molecule has 1 aliphatic rings. The van der Waals surface area contributed by atoms with Crippen LogP contribution < -0.4 is 5.32 Å². The Hall–Kier alpha value is -0.690. The molecule has 1 nitrogen and oxygen atoms in total. The molecule has 0 saturated carbocycles. The molecule has 0 amide bonds. The lowest BCUT2D eigenvalue weighted by molar-refractivity contribution is 0.829. The molecule has 64 valence electrons. The van der Waals surface area contributed by atoms with Crippen molar-refractivity contribution in [2.75, 3.05) is 11.9 Å². The second-order valence-electron chi connectivity index (χ2n) is 3.31. The summed E-state index contributed by atoms with van der Waals surface area (Å²) in [5.41, 5.74) is 3.77. The van der Waals surface area contributed by atoms with Gasteiger partial charge in [0.25, 0.3) is 0 Å². The van der Waals surface area contributed by atoms with E-state index in [1.165, 1.54) is 17.5 Å². The van der Waals surface area contributed by atoms with Gasteiger partial charge in [-0.1, -0.05) is 17.7 Å². The number of hydrogen-bond donors (Lipinski definition) is 1. The van der Waals surface area contributed by atoms with Crippen molar-refractivity contribution in [2.45, 2.75) is 19.8 Å². The van der Waals surface area contributed by atoms with Gasteiger partial charge in [0.05, 0.1) is 10.7 Å². The van der Waals surface area contributed by atoms with Crippen molar-refractivity contribution < 1.29 is 0 Å². The van der Waals surface area contributed by atoms with E-state index in [-0.39, 0.29) is 0 Å². The van der Waals surface area contributed by atoms with Crippen LogP contribution in [0.4, 0.5) is 5.69 Å². The van der Waals surface area contributed by atoms with E-state index < -0.39 is 0 Å². The minimum atomic E-state index is 0.865. The third-order valence-corrected chi connectivity index (χ3v) is 2.54. The van der Waals surface area contributed by atoms with E-state index in [2.05, 4.69) is 18.3 Å². The number of nitrogens with one attached hydrogen (secondary N) is 1. The van der Waals surface area contributed by atoms with Crippen LogP contribution >= 0.6 is 11.6 Å². The van der Waals surface area contributed by atoms with Crippen LogP contribution in [0, 0.1) is 6.92 Å². The lowest BCUT2D eigenvalue weighted by atomic mass is 10.0. The smallest absolute Gasteiger partial charge is 0.0642 e. The molecule has 0 unspecified atom stereocenters. The zero-order chi connectivity index (χ0) is 8.55. The summed E-state index contributed by atoms with van der Waals surface area (Å²) in [6.45, 7) is 3.14. The molecule has 1 N–H and O–H groups in total. The van der Waals surface area contributed by atoms with Crippen LogP contribution in [0.25, 0.3) is 0 Å². The van der Waals surface area contributed by atoms with Crippen LogP contribution in [0.1, 0.15) is 17.5 Å². The first kappa shape index (κ1) is 7.93. The molecule has 1 heterocycles. The Morgan fingerprint density at radius 2 is 2.25 bits per heavy atom. The molecule has 0 aromatic heterocycles. The first-order chi connectivity index (χ1) is 5.77. The standard InChI is InChI=1S/C10H12ClN/c1-7-5-8-3-2-4-12-10(8)9(11)6-7/h5-6,12H,2-4H2,1H3. The minimum Gasteiger partial charge on any atom is -0.384 e. The molecular weight excluding hydrogens is 170 g/mol. The highest BCUT2D eigenvalue weighted by molar-refractivity contribution is 6.33. The zero-order valence-corrected chi connectivity index (χ0v) is 7.91. The summed E-state index contributed by atoms with van der Waals surface area (Å²) in [6.07, 6.45) is 2.37. The van der Waals surface area contributed by atoms with Crippen molar-refractivity contribution in [1.82, 2.24) is 0 Å². The normalized spacial score (nSPS) is 15.2. The highest BCUT2D eigenvalue weighted by Gasteiger charge is 2.11. The highest BCUT2D eigenvalue weighted by Crippen LogP contribution is 2.30. The lowest BCUT2D eigenvalue weighted by Gasteiger charge is -2.19. The maximum absolute atomic E-state index is 6.08. The molecule has 0 fully saturated rings. The van der Waals surface area contributed by atoms with Gasteiger partial charge in [0.1, 0.15) is 0 Å². The van der Waals surface area contributed by atoms with Crippen LogP contribution in [0.15, 0.2) is 12.1 Å². The van der Waals surface area contributed by atoms with Gasteiger partial charge < -0.3 is 5.32 Å². The first-order valence-electron chi connectivity index (χ1n) is 4.30. The summed E-state index contributed by atoms with van der Waals surface area (Å²) in [4.78, 5) is 0. The number of benzene rings is 1. The summed E-state index contributed by atoms with van der Waals surface area (Å²) in [5.74, 6) is 0. The Labute approximate surface area is 77.7 Å². The van der Waals surface area contributed by atoms with E-state index in [1.807, 2.05) is 6.07 Å². The van der Waals surface area contributed by atoms with Crippen molar-refractivity contribution in [3.63, 3.8) is 0 Å². The van der Waals surface area contributed by atoms with Crippen LogP contribution in [0.5, 0.6) is 0 Å². The van der Waals surface area contributed by atoms with Crippen molar-refractivity contribution in [3.8, 4) is 0 Å². The average Bonchev–Trinajstić information content (AvgIpc) is 2.04. The number of rotatable bonds is 0. The second-order valence-corrected chi connectivity index (χ2v) is 3.72. The van der Waals surface area contributed by atoms with Gasteiger partial charge in [-0.2, -0.15) is 0 Å². The highest BCUT2D eigenvalue weighted by atomic mass is 35.5. The number of halogens is 1. The average molecular weight is 182 g/mol. The summed E-state index contributed by atoms with van der Waals surface area (Å²) in [6, 6.07) is 4.23. The zero-order valence-electron chi connectivity index (χ0n) is 7.15. The topological polar surface area (TPSA) is 12.0 Å². The molecule has 2 heteroatoms. The molecule has 0 saturated heterocycles. The van der Waals surface area contributed by atoms with Crippen LogP contribution in [0.3, 0.4) is 0 Å².